The molecule has 0 saturated carbocycles. The highest BCUT2D eigenvalue weighted by Crippen LogP contribution is 1.84. The predicted molar refractivity (Wildman–Crippen MR) is 44.1 cm³/mol. The quantitative estimate of drug-likeness (QED) is 0.303. The van der Waals surface area contributed by atoms with Gasteiger partial charge in [0.05, 0.1) is 7.11 Å². The summed E-state index contributed by atoms with van der Waals surface area (Å²) >= 11 is 3.20. The minimum absolute atomic E-state index is 0.334. The van der Waals surface area contributed by atoms with Crippen LogP contribution >= 0.6 is 15.9 Å². The number of allylic oxidation sites excluding steroid dienone is 3. The largest absolute Gasteiger partial charge is 0.466 e. The maximum Gasteiger partial charge on any atom is 0.330 e. The second-order valence-corrected chi connectivity index (χ2v) is 2.11. The third kappa shape index (κ3) is 5.56. The molecule has 0 aliphatic rings. The van der Waals surface area contributed by atoms with Crippen LogP contribution in [0.25, 0.3) is 0 Å². The second kappa shape index (κ2) is 6.55. The molecular weight excluding hydrogens is 196 g/mol. The van der Waals surface area contributed by atoms with E-state index in [4.69, 9.17) is 0 Å². The number of ether oxygens (including phenoxy) is 1. The zero-order chi connectivity index (χ0) is 7.82. The van der Waals surface area contributed by atoms with Crippen molar-refractivity contribution in [2.45, 2.75) is 0 Å². The maximum absolute atomic E-state index is 10.4. The van der Waals surface area contributed by atoms with E-state index in [1.165, 1.54) is 13.2 Å². The average molecular weight is 205 g/mol. The lowest BCUT2D eigenvalue weighted by atomic mass is 10.4. The Labute approximate surface area is 68.7 Å². The van der Waals surface area contributed by atoms with Crippen molar-refractivity contribution in [3.63, 3.8) is 0 Å². The summed E-state index contributed by atoms with van der Waals surface area (Å²) in [5.41, 5.74) is 0. The van der Waals surface area contributed by atoms with Crippen LogP contribution in [0.2, 0.25) is 0 Å². The van der Waals surface area contributed by atoms with Crippen LogP contribution in [0, 0.1) is 0 Å². The first-order valence-corrected chi connectivity index (χ1v) is 3.90. The Morgan fingerprint density at radius 3 is 2.80 bits per heavy atom. The fourth-order valence-corrected chi connectivity index (χ4v) is 0.548. The Bertz CT molecular complexity index is 150. The number of alkyl halides is 1. The van der Waals surface area contributed by atoms with E-state index in [0.29, 0.717) is 0 Å². The molecule has 0 fully saturated rings. The van der Waals surface area contributed by atoms with Crippen molar-refractivity contribution in [2.75, 3.05) is 12.4 Å². The molecule has 0 aliphatic heterocycles. The number of carbonyl (C=O) groups excluding carboxylic acids is 1. The molecule has 0 aromatic rings. The van der Waals surface area contributed by atoms with Gasteiger partial charge in [0.15, 0.2) is 0 Å². The molecule has 0 radical (unpaired) electrons. The molecule has 0 aliphatic carbocycles. The van der Waals surface area contributed by atoms with Crippen LogP contribution in [0.4, 0.5) is 0 Å². The van der Waals surface area contributed by atoms with Crippen molar-refractivity contribution in [3.05, 3.63) is 24.3 Å². The van der Waals surface area contributed by atoms with E-state index >= 15 is 0 Å². The van der Waals surface area contributed by atoms with Crippen LogP contribution in [-0.4, -0.2) is 18.4 Å². The molecule has 0 aromatic heterocycles. The monoisotopic (exact) mass is 204 g/mol. The van der Waals surface area contributed by atoms with E-state index in [9.17, 15) is 4.79 Å². The summed E-state index contributed by atoms with van der Waals surface area (Å²) in [4.78, 5) is 10.4. The molecule has 0 heterocycles. The lowest BCUT2D eigenvalue weighted by Crippen LogP contribution is -1.92. The number of halogens is 1. The lowest BCUT2D eigenvalue weighted by molar-refractivity contribution is -0.134. The standard InChI is InChI=1S/C7H9BrO2/c1-10-7(9)5-3-2-4-6-8/h2-5H,6H2,1H3/b4-2-,5-3+. The van der Waals surface area contributed by atoms with Crippen LogP contribution in [0.5, 0.6) is 0 Å². The molecule has 0 rings (SSSR count). The molecule has 0 bridgehead atoms. The van der Waals surface area contributed by atoms with Crippen molar-refractivity contribution in [1.29, 1.82) is 0 Å². The number of carbonyl (C=O) groups is 1. The molecule has 0 amide bonds. The van der Waals surface area contributed by atoms with E-state index in [2.05, 4.69) is 20.7 Å². The summed E-state index contributed by atoms with van der Waals surface area (Å²) in [6.45, 7) is 0. The maximum atomic E-state index is 10.4. The summed E-state index contributed by atoms with van der Waals surface area (Å²) in [6.07, 6.45) is 6.64. The molecule has 0 spiro atoms. The van der Waals surface area contributed by atoms with Gasteiger partial charge in [-0.3, -0.25) is 0 Å². The van der Waals surface area contributed by atoms with Gasteiger partial charge < -0.3 is 4.74 Å². The van der Waals surface area contributed by atoms with Crippen molar-refractivity contribution >= 4 is 21.9 Å². The molecule has 0 unspecified atom stereocenters. The number of rotatable bonds is 3. The topological polar surface area (TPSA) is 26.3 Å². The Morgan fingerprint density at radius 1 is 1.60 bits per heavy atom. The summed E-state index contributed by atoms with van der Waals surface area (Å²) in [5.74, 6) is -0.334. The lowest BCUT2D eigenvalue weighted by Gasteiger charge is -1.85. The molecule has 0 atom stereocenters. The van der Waals surface area contributed by atoms with Gasteiger partial charge in [-0.15, -0.1) is 0 Å². The van der Waals surface area contributed by atoms with Crippen LogP contribution in [0.3, 0.4) is 0 Å². The Hall–Kier alpha value is -0.570. The second-order valence-electron chi connectivity index (χ2n) is 1.46. The van der Waals surface area contributed by atoms with Crippen molar-refractivity contribution in [1.82, 2.24) is 0 Å². The van der Waals surface area contributed by atoms with Gasteiger partial charge >= 0.3 is 5.97 Å². The van der Waals surface area contributed by atoms with Gasteiger partial charge in [-0.25, -0.2) is 4.79 Å². The number of hydrogen-bond donors (Lipinski definition) is 0. The number of methoxy groups -OCH3 is 1. The normalized spacial score (nSPS) is 11.0. The van der Waals surface area contributed by atoms with Gasteiger partial charge in [0.1, 0.15) is 0 Å². The number of hydrogen-bond acceptors (Lipinski definition) is 2. The van der Waals surface area contributed by atoms with Crippen LogP contribution in [0.1, 0.15) is 0 Å². The van der Waals surface area contributed by atoms with Crippen molar-refractivity contribution in [2.24, 2.45) is 0 Å². The zero-order valence-corrected chi connectivity index (χ0v) is 7.30. The van der Waals surface area contributed by atoms with Gasteiger partial charge in [0.25, 0.3) is 0 Å². The first-order valence-electron chi connectivity index (χ1n) is 2.78. The van der Waals surface area contributed by atoms with Gasteiger partial charge in [0, 0.05) is 11.4 Å². The van der Waals surface area contributed by atoms with E-state index < -0.39 is 0 Å². The fourth-order valence-electron chi connectivity index (χ4n) is 0.332. The molecule has 0 saturated heterocycles. The molecule has 0 aromatic carbocycles. The van der Waals surface area contributed by atoms with Crippen LogP contribution in [-0.2, 0) is 9.53 Å². The highest BCUT2D eigenvalue weighted by Gasteiger charge is 1.85. The summed E-state index contributed by atoms with van der Waals surface area (Å²) in [7, 11) is 1.35. The molecule has 2 nitrogen and oxygen atoms in total. The van der Waals surface area contributed by atoms with Crippen molar-refractivity contribution in [3.8, 4) is 0 Å². The Morgan fingerprint density at radius 2 is 2.30 bits per heavy atom. The molecular formula is C7H9BrO2. The van der Waals surface area contributed by atoms with Crippen LogP contribution in [0.15, 0.2) is 24.3 Å². The zero-order valence-electron chi connectivity index (χ0n) is 5.71. The van der Waals surface area contributed by atoms with E-state index in [-0.39, 0.29) is 5.97 Å². The fraction of sp³-hybridized carbons (Fsp3) is 0.286. The molecule has 3 heteroatoms. The third-order valence-electron chi connectivity index (χ3n) is 0.770. The first kappa shape index (κ1) is 9.43. The summed E-state index contributed by atoms with van der Waals surface area (Å²) in [5, 5.41) is 0.790. The van der Waals surface area contributed by atoms with Gasteiger partial charge in [-0.2, -0.15) is 0 Å². The van der Waals surface area contributed by atoms with Crippen LogP contribution < -0.4 is 0 Å². The molecule has 56 valence electrons. The molecule has 0 N–H and O–H groups in total. The minimum atomic E-state index is -0.334. The summed E-state index contributed by atoms with van der Waals surface area (Å²) < 4.78 is 4.36. The van der Waals surface area contributed by atoms with Crippen molar-refractivity contribution < 1.29 is 9.53 Å². The minimum Gasteiger partial charge on any atom is -0.466 e. The smallest absolute Gasteiger partial charge is 0.330 e. The summed E-state index contributed by atoms with van der Waals surface area (Å²) in [6, 6.07) is 0. The Kier molecular flexibility index (Phi) is 6.18. The Balaban J connectivity index is 3.55. The predicted octanol–water partition coefficient (Wildman–Crippen LogP) is 1.67. The first-order chi connectivity index (χ1) is 4.81. The number of esters is 1. The van der Waals surface area contributed by atoms with Gasteiger partial charge in [-0.05, 0) is 0 Å². The highest BCUT2D eigenvalue weighted by molar-refractivity contribution is 9.09. The van der Waals surface area contributed by atoms with Gasteiger partial charge in [0.2, 0.25) is 0 Å². The van der Waals surface area contributed by atoms with E-state index in [0.717, 1.165) is 5.33 Å². The SMILES string of the molecule is COC(=O)/C=C/C=C\CBr. The molecule has 10 heavy (non-hydrogen) atoms. The highest BCUT2D eigenvalue weighted by atomic mass is 79.9. The average Bonchev–Trinajstić information content (AvgIpc) is 1.98. The van der Waals surface area contributed by atoms with Gasteiger partial charge in [-0.1, -0.05) is 34.2 Å². The van der Waals surface area contributed by atoms with E-state index in [1.807, 2.05) is 6.08 Å². The van der Waals surface area contributed by atoms with E-state index in [1.54, 1.807) is 12.2 Å². The third-order valence-corrected chi connectivity index (χ3v) is 1.14.